The molecular weight excluding hydrogens is 212 g/mol. The minimum atomic E-state index is 0.454. The summed E-state index contributed by atoms with van der Waals surface area (Å²) in [6.07, 6.45) is 6.97. The molecule has 1 aliphatic rings. The van der Waals surface area contributed by atoms with Crippen LogP contribution in [0.4, 0.5) is 5.82 Å². The molecule has 4 heteroatoms. The molecule has 0 aromatic carbocycles. The Kier molecular flexibility index (Phi) is 3.68. The van der Waals surface area contributed by atoms with E-state index < -0.39 is 0 Å². The summed E-state index contributed by atoms with van der Waals surface area (Å²) < 4.78 is 1.82. The predicted octanol–water partition coefficient (Wildman–Crippen LogP) is 2.79. The summed E-state index contributed by atoms with van der Waals surface area (Å²) in [6.45, 7) is 2.96. The number of nitriles is 1. The Bertz CT molecular complexity index is 421. The average molecular weight is 232 g/mol. The number of nitrogens with two attached hydrogens (primary N) is 1. The number of nitrogen functional groups attached to an aromatic ring is 1. The molecule has 0 amide bonds. The van der Waals surface area contributed by atoms with Crippen molar-refractivity contribution in [1.82, 2.24) is 9.78 Å². The van der Waals surface area contributed by atoms with Crippen LogP contribution in [0.1, 0.15) is 62.6 Å². The maximum Gasteiger partial charge on any atom is 0.140 e. The number of hydrogen-bond donors (Lipinski definition) is 1. The first-order valence-electron chi connectivity index (χ1n) is 6.54. The molecule has 0 atom stereocenters. The van der Waals surface area contributed by atoms with Crippen LogP contribution in [0.25, 0.3) is 0 Å². The predicted molar refractivity (Wildman–Crippen MR) is 67.5 cm³/mol. The van der Waals surface area contributed by atoms with Crippen molar-refractivity contribution in [2.24, 2.45) is 0 Å². The fraction of sp³-hybridized carbons (Fsp3) is 0.692. The second-order valence-electron chi connectivity index (χ2n) is 4.82. The van der Waals surface area contributed by atoms with Gasteiger partial charge in [0.05, 0.1) is 5.69 Å². The van der Waals surface area contributed by atoms with E-state index in [-0.39, 0.29) is 0 Å². The zero-order valence-electron chi connectivity index (χ0n) is 10.4. The van der Waals surface area contributed by atoms with Crippen LogP contribution >= 0.6 is 0 Å². The summed E-state index contributed by atoms with van der Waals surface area (Å²) in [5, 5.41) is 13.8. The van der Waals surface area contributed by atoms with E-state index in [0.29, 0.717) is 17.3 Å². The zero-order valence-corrected chi connectivity index (χ0v) is 10.4. The van der Waals surface area contributed by atoms with Gasteiger partial charge >= 0.3 is 0 Å². The fourth-order valence-electron chi connectivity index (χ4n) is 2.57. The van der Waals surface area contributed by atoms with Crippen LogP contribution < -0.4 is 5.73 Å². The Balaban J connectivity index is 2.28. The largest absolute Gasteiger partial charge is 0.383 e. The number of rotatable bonds is 4. The molecule has 92 valence electrons. The molecule has 0 saturated heterocycles. The number of hydrogen-bond acceptors (Lipinski definition) is 3. The number of anilines is 1. The van der Waals surface area contributed by atoms with Gasteiger partial charge in [0.2, 0.25) is 0 Å². The Hall–Kier alpha value is -1.50. The van der Waals surface area contributed by atoms with Gasteiger partial charge < -0.3 is 5.73 Å². The molecule has 0 aliphatic heterocycles. The minimum Gasteiger partial charge on any atom is -0.383 e. The third-order valence-corrected chi connectivity index (χ3v) is 3.60. The van der Waals surface area contributed by atoms with Gasteiger partial charge in [0.1, 0.15) is 17.5 Å². The molecule has 4 nitrogen and oxygen atoms in total. The van der Waals surface area contributed by atoms with Crippen molar-refractivity contribution < 1.29 is 0 Å². The van der Waals surface area contributed by atoms with E-state index in [9.17, 15) is 5.26 Å². The first-order valence-corrected chi connectivity index (χ1v) is 6.54. The highest BCUT2D eigenvalue weighted by atomic mass is 15.3. The molecule has 1 saturated carbocycles. The molecule has 17 heavy (non-hydrogen) atoms. The lowest BCUT2D eigenvalue weighted by Crippen LogP contribution is -2.05. The monoisotopic (exact) mass is 232 g/mol. The van der Waals surface area contributed by atoms with Gasteiger partial charge in [-0.3, -0.25) is 0 Å². The topological polar surface area (TPSA) is 67.6 Å². The van der Waals surface area contributed by atoms with Crippen LogP contribution in [0.2, 0.25) is 0 Å². The summed E-state index contributed by atoms with van der Waals surface area (Å²) in [5.41, 5.74) is 7.56. The molecule has 1 fully saturated rings. The Labute approximate surface area is 102 Å². The van der Waals surface area contributed by atoms with Gasteiger partial charge in [-0.2, -0.15) is 10.4 Å². The molecule has 1 aromatic heterocycles. The summed E-state index contributed by atoms with van der Waals surface area (Å²) in [6, 6.07) is 2.23. The summed E-state index contributed by atoms with van der Waals surface area (Å²) in [4.78, 5) is 0. The molecule has 1 aromatic rings. The Morgan fingerprint density at radius 2 is 2.18 bits per heavy atom. The number of aryl methyl sites for hydroxylation is 1. The van der Waals surface area contributed by atoms with Gasteiger partial charge in [0, 0.05) is 12.5 Å². The average Bonchev–Trinajstić information content (AvgIpc) is 2.94. The van der Waals surface area contributed by atoms with E-state index >= 15 is 0 Å². The molecule has 1 aliphatic carbocycles. The van der Waals surface area contributed by atoms with E-state index in [1.165, 1.54) is 12.8 Å². The number of nitrogens with zero attached hydrogens (tertiary/aromatic N) is 3. The van der Waals surface area contributed by atoms with Gasteiger partial charge in [-0.05, 0) is 19.3 Å². The normalized spacial score (nSPS) is 16.2. The smallest absolute Gasteiger partial charge is 0.140 e. The van der Waals surface area contributed by atoms with Crippen LogP contribution in [-0.2, 0) is 6.54 Å². The van der Waals surface area contributed by atoms with Crippen molar-refractivity contribution in [3.63, 3.8) is 0 Å². The second-order valence-corrected chi connectivity index (χ2v) is 4.82. The van der Waals surface area contributed by atoms with E-state index in [0.717, 1.165) is 37.9 Å². The lowest BCUT2D eigenvalue weighted by atomic mass is 10.0. The quantitative estimate of drug-likeness (QED) is 0.867. The van der Waals surface area contributed by atoms with Crippen LogP contribution in [-0.4, -0.2) is 9.78 Å². The summed E-state index contributed by atoms with van der Waals surface area (Å²) >= 11 is 0. The number of unbranched alkanes of at least 4 members (excludes halogenated alkanes) is 1. The molecule has 0 bridgehead atoms. The van der Waals surface area contributed by atoms with E-state index in [1.807, 2.05) is 4.68 Å². The highest BCUT2D eigenvalue weighted by Crippen LogP contribution is 2.36. The second kappa shape index (κ2) is 5.22. The van der Waals surface area contributed by atoms with Gasteiger partial charge in [-0.25, -0.2) is 4.68 Å². The highest BCUT2D eigenvalue weighted by molar-refractivity contribution is 5.53. The maximum absolute atomic E-state index is 9.22. The van der Waals surface area contributed by atoms with E-state index in [4.69, 9.17) is 5.73 Å². The third-order valence-electron chi connectivity index (χ3n) is 3.60. The van der Waals surface area contributed by atoms with Crippen molar-refractivity contribution in [1.29, 1.82) is 5.26 Å². The summed E-state index contributed by atoms with van der Waals surface area (Å²) in [5.74, 6) is 1.01. The van der Waals surface area contributed by atoms with Crippen molar-refractivity contribution in [2.75, 3.05) is 5.73 Å². The van der Waals surface area contributed by atoms with Crippen molar-refractivity contribution in [3.05, 3.63) is 11.3 Å². The van der Waals surface area contributed by atoms with E-state index in [1.54, 1.807) is 0 Å². The van der Waals surface area contributed by atoms with Crippen molar-refractivity contribution >= 4 is 5.82 Å². The fourth-order valence-corrected chi connectivity index (χ4v) is 2.57. The molecule has 0 spiro atoms. The number of aromatic nitrogens is 2. The van der Waals surface area contributed by atoms with Crippen LogP contribution in [0, 0.1) is 11.3 Å². The van der Waals surface area contributed by atoms with Gasteiger partial charge in [0.25, 0.3) is 0 Å². The first-order chi connectivity index (χ1) is 8.27. The SMILES string of the molecule is CCCCn1nc(C2CCCC2)c(C#N)c1N. The zero-order chi connectivity index (χ0) is 12.3. The lowest BCUT2D eigenvalue weighted by molar-refractivity contribution is 0.560. The summed E-state index contributed by atoms with van der Waals surface area (Å²) in [7, 11) is 0. The Morgan fingerprint density at radius 1 is 1.47 bits per heavy atom. The molecule has 2 rings (SSSR count). The molecule has 1 heterocycles. The molecule has 0 radical (unpaired) electrons. The van der Waals surface area contributed by atoms with E-state index in [2.05, 4.69) is 18.1 Å². The standard InChI is InChI=1S/C13H20N4/c1-2-3-8-17-13(15)11(9-14)12(16-17)10-6-4-5-7-10/h10H,2-8,15H2,1H3. The first kappa shape index (κ1) is 12.0. The highest BCUT2D eigenvalue weighted by Gasteiger charge is 2.25. The van der Waals surface area contributed by atoms with Crippen LogP contribution in [0.5, 0.6) is 0 Å². The third kappa shape index (κ3) is 2.28. The van der Waals surface area contributed by atoms with Crippen molar-refractivity contribution in [3.8, 4) is 6.07 Å². The lowest BCUT2D eigenvalue weighted by Gasteiger charge is -2.04. The molecular formula is C13H20N4. The maximum atomic E-state index is 9.22. The van der Waals surface area contributed by atoms with Crippen LogP contribution in [0.15, 0.2) is 0 Å². The molecule has 2 N–H and O–H groups in total. The van der Waals surface area contributed by atoms with Crippen molar-refractivity contribution in [2.45, 2.75) is 57.9 Å². The minimum absolute atomic E-state index is 0.454. The van der Waals surface area contributed by atoms with Crippen LogP contribution in [0.3, 0.4) is 0 Å². The Morgan fingerprint density at radius 3 is 2.76 bits per heavy atom. The molecule has 0 unspecified atom stereocenters. The van der Waals surface area contributed by atoms with Gasteiger partial charge in [-0.15, -0.1) is 0 Å². The van der Waals surface area contributed by atoms with Gasteiger partial charge in [-0.1, -0.05) is 26.2 Å². The van der Waals surface area contributed by atoms with Gasteiger partial charge in [0.15, 0.2) is 0 Å².